The van der Waals surface area contributed by atoms with Gasteiger partial charge in [-0.1, -0.05) is 12.1 Å². The van der Waals surface area contributed by atoms with Gasteiger partial charge in [0, 0.05) is 21.1 Å². The SMILES string of the molecule is Cn1c(CNS(=O)(=O)c2ccc3c(c2)n(C)c(=O)n3C)nc2ccccc21. The molecule has 0 fully saturated rings. The molecule has 27 heavy (non-hydrogen) atoms. The first-order chi connectivity index (χ1) is 12.8. The molecule has 0 aliphatic heterocycles. The molecule has 0 unspecified atom stereocenters. The summed E-state index contributed by atoms with van der Waals surface area (Å²) in [6.07, 6.45) is 0. The van der Waals surface area contributed by atoms with E-state index in [4.69, 9.17) is 0 Å². The van der Waals surface area contributed by atoms with Crippen LogP contribution in [0, 0.1) is 0 Å². The van der Waals surface area contributed by atoms with E-state index in [1.54, 1.807) is 20.2 Å². The van der Waals surface area contributed by atoms with E-state index < -0.39 is 10.0 Å². The van der Waals surface area contributed by atoms with Crippen molar-refractivity contribution in [2.75, 3.05) is 0 Å². The van der Waals surface area contributed by atoms with Gasteiger partial charge in [-0.3, -0.25) is 9.13 Å². The second kappa shape index (κ2) is 6.07. The quantitative estimate of drug-likeness (QED) is 0.572. The summed E-state index contributed by atoms with van der Waals surface area (Å²) in [7, 11) is 1.37. The second-order valence-electron chi connectivity index (χ2n) is 6.45. The standard InChI is InChI=1S/C18H19N5O3S/c1-21-14-7-5-4-6-13(14)20-17(21)11-19-27(25,26)12-8-9-15-16(10-12)23(3)18(24)22(15)2/h4-10,19H,11H2,1-3H3. The molecule has 0 aliphatic carbocycles. The van der Waals surface area contributed by atoms with E-state index in [1.807, 2.05) is 35.9 Å². The molecule has 0 amide bonds. The van der Waals surface area contributed by atoms with Gasteiger partial charge in [0.1, 0.15) is 5.82 Å². The highest BCUT2D eigenvalue weighted by atomic mass is 32.2. The number of nitrogens with one attached hydrogen (secondary N) is 1. The molecule has 0 bridgehead atoms. The first-order valence-electron chi connectivity index (χ1n) is 8.35. The lowest BCUT2D eigenvalue weighted by Crippen LogP contribution is -2.24. The molecule has 9 heteroatoms. The second-order valence-corrected chi connectivity index (χ2v) is 8.22. The normalized spacial score (nSPS) is 12.3. The van der Waals surface area contributed by atoms with Crippen molar-refractivity contribution in [3.8, 4) is 0 Å². The molecule has 1 N–H and O–H groups in total. The van der Waals surface area contributed by atoms with Crippen LogP contribution in [0.3, 0.4) is 0 Å². The van der Waals surface area contributed by atoms with E-state index in [-0.39, 0.29) is 17.1 Å². The molecule has 8 nitrogen and oxygen atoms in total. The van der Waals surface area contributed by atoms with Crippen LogP contribution in [0.25, 0.3) is 22.1 Å². The number of fused-ring (bicyclic) bond motifs is 2. The number of aromatic nitrogens is 4. The fraction of sp³-hybridized carbons (Fsp3) is 0.222. The Morgan fingerprint density at radius 2 is 1.63 bits per heavy atom. The largest absolute Gasteiger partial charge is 0.330 e. The summed E-state index contributed by atoms with van der Waals surface area (Å²) < 4.78 is 32.8. The Morgan fingerprint density at radius 3 is 2.37 bits per heavy atom. The van der Waals surface area contributed by atoms with Crippen molar-refractivity contribution < 1.29 is 8.42 Å². The van der Waals surface area contributed by atoms with Crippen LogP contribution in [-0.4, -0.2) is 27.1 Å². The molecule has 0 radical (unpaired) electrons. The molecule has 0 saturated carbocycles. The molecule has 0 saturated heterocycles. The molecular formula is C18H19N5O3S. The van der Waals surface area contributed by atoms with Gasteiger partial charge in [-0.15, -0.1) is 0 Å². The number of sulfonamides is 1. The highest BCUT2D eigenvalue weighted by Crippen LogP contribution is 2.19. The molecule has 2 aromatic carbocycles. The third-order valence-corrected chi connectivity index (χ3v) is 6.25. The van der Waals surface area contributed by atoms with Crippen molar-refractivity contribution in [3.05, 3.63) is 58.8 Å². The van der Waals surface area contributed by atoms with E-state index in [0.717, 1.165) is 11.0 Å². The van der Waals surface area contributed by atoms with Crippen LogP contribution in [0.2, 0.25) is 0 Å². The predicted molar refractivity (Wildman–Crippen MR) is 103 cm³/mol. The van der Waals surface area contributed by atoms with Crippen molar-refractivity contribution in [3.63, 3.8) is 0 Å². The number of hydrogen-bond acceptors (Lipinski definition) is 4. The lowest BCUT2D eigenvalue weighted by molar-refractivity contribution is 0.578. The van der Waals surface area contributed by atoms with Crippen LogP contribution in [0.1, 0.15) is 5.82 Å². The van der Waals surface area contributed by atoms with Crippen molar-refractivity contribution in [1.82, 2.24) is 23.4 Å². The maximum absolute atomic E-state index is 12.7. The maximum atomic E-state index is 12.7. The van der Waals surface area contributed by atoms with Crippen molar-refractivity contribution in [1.29, 1.82) is 0 Å². The first kappa shape index (κ1) is 17.5. The van der Waals surface area contributed by atoms with E-state index in [0.29, 0.717) is 16.9 Å². The van der Waals surface area contributed by atoms with E-state index >= 15 is 0 Å². The van der Waals surface area contributed by atoms with Crippen LogP contribution in [0.5, 0.6) is 0 Å². The average molecular weight is 385 g/mol. The van der Waals surface area contributed by atoms with Crippen molar-refractivity contribution >= 4 is 32.1 Å². The highest BCUT2D eigenvalue weighted by molar-refractivity contribution is 7.89. The van der Waals surface area contributed by atoms with Crippen LogP contribution in [-0.2, 0) is 37.7 Å². The molecule has 140 valence electrons. The van der Waals surface area contributed by atoms with Gasteiger partial charge in [-0.05, 0) is 30.3 Å². The smallest absolute Gasteiger partial charge is 0.328 e. The first-order valence-corrected chi connectivity index (χ1v) is 9.83. The summed E-state index contributed by atoms with van der Waals surface area (Å²) >= 11 is 0. The van der Waals surface area contributed by atoms with E-state index in [1.165, 1.54) is 21.3 Å². The van der Waals surface area contributed by atoms with E-state index in [2.05, 4.69) is 9.71 Å². The summed E-state index contributed by atoms with van der Waals surface area (Å²) in [6.45, 7) is 0.0687. The number of imidazole rings is 2. The zero-order valence-corrected chi connectivity index (χ0v) is 16.0. The number of para-hydroxylation sites is 2. The average Bonchev–Trinajstić information content (AvgIpc) is 3.10. The van der Waals surface area contributed by atoms with Gasteiger partial charge in [0.2, 0.25) is 10.0 Å². The molecule has 0 aliphatic rings. The fourth-order valence-corrected chi connectivity index (χ4v) is 4.25. The van der Waals surface area contributed by atoms with E-state index in [9.17, 15) is 13.2 Å². The molecule has 0 spiro atoms. The number of rotatable bonds is 4. The van der Waals surface area contributed by atoms with Crippen LogP contribution in [0.4, 0.5) is 0 Å². The third kappa shape index (κ3) is 2.75. The molecule has 2 heterocycles. The monoisotopic (exact) mass is 385 g/mol. The van der Waals surface area contributed by atoms with Crippen LogP contribution >= 0.6 is 0 Å². The van der Waals surface area contributed by atoms with Crippen LogP contribution < -0.4 is 10.4 Å². The zero-order valence-electron chi connectivity index (χ0n) is 15.2. The number of aryl methyl sites for hydroxylation is 3. The lowest BCUT2D eigenvalue weighted by Gasteiger charge is -2.08. The Hall–Kier alpha value is -2.91. The summed E-state index contributed by atoms with van der Waals surface area (Å²) in [6, 6.07) is 12.3. The minimum absolute atomic E-state index is 0.0687. The summed E-state index contributed by atoms with van der Waals surface area (Å²) in [5.41, 5.74) is 2.79. The summed E-state index contributed by atoms with van der Waals surface area (Å²) in [5.74, 6) is 0.618. The lowest BCUT2D eigenvalue weighted by atomic mass is 10.3. The van der Waals surface area contributed by atoms with Crippen LogP contribution in [0.15, 0.2) is 52.2 Å². The fourth-order valence-electron chi connectivity index (χ4n) is 3.25. The van der Waals surface area contributed by atoms with Crippen molar-refractivity contribution in [2.24, 2.45) is 21.1 Å². The van der Waals surface area contributed by atoms with Gasteiger partial charge < -0.3 is 4.57 Å². The molecule has 4 aromatic rings. The van der Waals surface area contributed by atoms with Crippen molar-refractivity contribution in [2.45, 2.75) is 11.4 Å². The van der Waals surface area contributed by atoms with Gasteiger partial charge in [0.15, 0.2) is 0 Å². The zero-order chi connectivity index (χ0) is 19.3. The Balaban J connectivity index is 1.67. The topological polar surface area (TPSA) is 90.9 Å². The predicted octanol–water partition coefficient (Wildman–Crippen LogP) is 1.24. The van der Waals surface area contributed by atoms with Gasteiger partial charge >= 0.3 is 5.69 Å². The Morgan fingerprint density at radius 1 is 0.926 bits per heavy atom. The Kier molecular flexibility index (Phi) is 3.93. The number of hydrogen-bond donors (Lipinski definition) is 1. The number of nitrogens with zero attached hydrogens (tertiary/aromatic N) is 4. The third-order valence-electron chi connectivity index (χ3n) is 4.85. The van der Waals surface area contributed by atoms with Gasteiger partial charge in [-0.2, -0.15) is 0 Å². The molecule has 0 atom stereocenters. The maximum Gasteiger partial charge on any atom is 0.328 e. The number of benzene rings is 2. The van der Waals surface area contributed by atoms with Gasteiger partial charge in [0.25, 0.3) is 0 Å². The Labute approximate surface area is 155 Å². The Bertz CT molecular complexity index is 1340. The summed E-state index contributed by atoms with van der Waals surface area (Å²) in [5, 5.41) is 0. The summed E-state index contributed by atoms with van der Waals surface area (Å²) in [4.78, 5) is 16.6. The molecular weight excluding hydrogens is 366 g/mol. The minimum atomic E-state index is -3.75. The van der Waals surface area contributed by atoms with Gasteiger partial charge in [0.05, 0.1) is 33.5 Å². The molecule has 2 aromatic heterocycles. The minimum Gasteiger partial charge on any atom is -0.330 e. The van der Waals surface area contributed by atoms with Gasteiger partial charge in [-0.25, -0.2) is 22.9 Å². The molecule has 4 rings (SSSR count). The highest BCUT2D eigenvalue weighted by Gasteiger charge is 2.18.